The van der Waals surface area contributed by atoms with Crippen LogP contribution in [-0.4, -0.2) is 14.8 Å². The summed E-state index contributed by atoms with van der Waals surface area (Å²) in [6.07, 6.45) is 1.46. The van der Waals surface area contributed by atoms with Crippen LogP contribution in [0, 0.1) is 5.82 Å². The van der Waals surface area contributed by atoms with Crippen molar-refractivity contribution in [2.45, 2.75) is 30.5 Å². The van der Waals surface area contributed by atoms with E-state index in [-0.39, 0.29) is 11.9 Å². The number of allylic oxidation sites excluding steroid dienone is 1. The van der Waals surface area contributed by atoms with Gasteiger partial charge >= 0.3 is 0 Å². The Balaban J connectivity index is 1.76. The van der Waals surface area contributed by atoms with E-state index in [0.29, 0.717) is 28.9 Å². The van der Waals surface area contributed by atoms with Crippen LogP contribution < -0.4 is 4.74 Å². The highest BCUT2D eigenvalue weighted by atomic mass is 35.5. The molecule has 4 nitrogen and oxygen atoms in total. The van der Waals surface area contributed by atoms with E-state index in [0.717, 1.165) is 10.7 Å². The van der Waals surface area contributed by atoms with E-state index in [4.69, 9.17) is 16.3 Å². The predicted octanol–water partition coefficient (Wildman–Crippen LogP) is 5.69. The van der Waals surface area contributed by atoms with Gasteiger partial charge in [-0.1, -0.05) is 47.6 Å². The minimum absolute atomic E-state index is 0.245. The third-order valence-corrected chi connectivity index (χ3v) is 5.06. The topological polar surface area (TPSA) is 39.9 Å². The fraction of sp³-hybridized carbons (Fsp3) is 0.200. The van der Waals surface area contributed by atoms with Crippen LogP contribution in [0.15, 0.2) is 66.3 Å². The van der Waals surface area contributed by atoms with Gasteiger partial charge in [0.05, 0.1) is 0 Å². The van der Waals surface area contributed by atoms with Crippen LogP contribution in [0.25, 0.3) is 0 Å². The third kappa shape index (κ3) is 5.11. The number of thioether (sulfide) groups is 1. The summed E-state index contributed by atoms with van der Waals surface area (Å²) in [5, 5.41) is 9.92. The summed E-state index contributed by atoms with van der Waals surface area (Å²) in [5.41, 5.74) is 0.887. The number of benzene rings is 2. The number of halogens is 2. The molecule has 0 radical (unpaired) electrons. The first-order valence-corrected chi connectivity index (χ1v) is 9.76. The standard InChI is InChI=1S/C20H19ClFN3OS/c1-3-10-25-19(14(2)26-18-9-5-7-16(21)12-18)23-24-20(25)27-13-15-6-4-8-17(22)11-15/h3-9,11-12,14H,1,10,13H2,2H3. The zero-order valence-electron chi connectivity index (χ0n) is 14.8. The molecule has 0 fully saturated rings. The second-order valence-electron chi connectivity index (χ2n) is 5.88. The third-order valence-electron chi connectivity index (χ3n) is 3.79. The minimum Gasteiger partial charge on any atom is -0.483 e. The molecule has 1 heterocycles. The fourth-order valence-electron chi connectivity index (χ4n) is 2.58. The van der Waals surface area contributed by atoms with E-state index in [1.165, 1.54) is 23.9 Å². The van der Waals surface area contributed by atoms with Crippen molar-refractivity contribution >= 4 is 23.4 Å². The quantitative estimate of drug-likeness (QED) is 0.358. The van der Waals surface area contributed by atoms with E-state index in [2.05, 4.69) is 16.8 Å². The molecule has 1 aromatic heterocycles. The van der Waals surface area contributed by atoms with E-state index in [9.17, 15) is 4.39 Å². The maximum absolute atomic E-state index is 13.4. The highest BCUT2D eigenvalue weighted by Crippen LogP contribution is 2.27. The molecular formula is C20H19ClFN3OS. The van der Waals surface area contributed by atoms with Gasteiger partial charge in [-0.2, -0.15) is 0 Å². The lowest BCUT2D eigenvalue weighted by atomic mass is 10.2. The van der Waals surface area contributed by atoms with Gasteiger partial charge in [-0.15, -0.1) is 16.8 Å². The summed E-state index contributed by atoms with van der Waals surface area (Å²) in [5.74, 6) is 1.70. The molecule has 27 heavy (non-hydrogen) atoms. The zero-order chi connectivity index (χ0) is 19.2. The Hall–Kier alpha value is -2.31. The normalized spacial score (nSPS) is 12.0. The van der Waals surface area contributed by atoms with Crippen molar-refractivity contribution < 1.29 is 9.13 Å². The summed E-state index contributed by atoms with van der Waals surface area (Å²) in [6, 6.07) is 13.8. The monoisotopic (exact) mass is 403 g/mol. The van der Waals surface area contributed by atoms with E-state index < -0.39 is 0 Å². The van der Waals surface area contributed by atoms with Gasteiger partial charge in [0.1, 0.15) is 11.6 Å². The molecular weight excluding hydrogens is 385 g/mol. The predicted molar refractivity (Wildman–Crippen MR) is 107 cm³/mol. The number of ether oxygens (including phenoxy) is 1. The summed E-state index contributed by atoms with van der Waals surface area (Å²) in [7, 11) is 0. The molecule has 0 saturated carbocycles. The van der Waals surface area contributed by atoms with Crippen molar-refractivity contribution in [2.24, 2.45) is 0 Å². The van der Waals surface area contributed by atoms with Gasteiger partial charge in [0, 0.05) is 17.3 Å². The van der Waals surface area contributed by atoms with Gasteiger partial charge < -0.3 is 4.74 Å². The Kier molecular flexibility index (Phi) is 6.53. The van der Waals surface area contributed by atoms with Gasteiger partial charge in [0.25, 0.3) is 0 Å². The van der Waals surface area contributed by atoms with Crippen molar-refractivity contribution in [1.29, 1.82) is 0 Å². The lowest BCUT2D eigenvalue weighted by Gasteiger charge is -2.16. The molecule has 0 N–H and O–H groups in total. The summed E-state index contributed by atoms with van der Waals surface area (Å²) < 4.78 is 21.3. The Morgan fingerprint density at radius 3 is 2.81 bits per heavy atom. The van der Waals surface area contributed by atoms with Crippen LogP contribution in [0.5, 0.6) is 5.75 Å². The molecule has 7 heteroatoms. The van der Waals surface area contributed by atoms with Crippen LogP contribution in [0.3, 0.4) is 0 Å². The Morgan fingerprint density at radius 2 is 2.07 bits per heavy atom. The molecule has 1 atom stereocenters. The van der Waals surface area contributed by atoms with Gasteiger partial charge in [-0.3, -0.25) is 4.57 Å². The SMILES string of the molecule is C=CCn1c(SCc2cccc(F)c2)nnc1C(C)Oc1cccc(Cl)c1. The smallest absolute Gasteiger partial charge is 0.191 e. The fourth-order valence-corrected chi connectivity index (χ4v) is 3.66. The number of aromatic nitrogens is 3. The van der Waals surface area contributed by atoms with Crippen LogP contribution in [0.4, 0.5) is 4.39 Å². The maximum atomic E-state index is 13.4. The van der Waals surface area contributed by atoms with Crippen LogP contribution in [-0.2, 0) is 12.3 Å². The molecule has 1 unspecified atom stereocenters. The molecule has 2 aromatic carbocycles. The van der Waals surface area contributed by atoms with Crippen molar-refractivity contribution in [3.63, 3.8) is 0 Å². The second kappa shape index (κ2) is 9.06. The van der Waals surface area contributed by atoms with Gasteiger partial charge in [0.2, 0.25) is 0 Å². The van der Waals surface area contributed by atoms with Crippen molar-refractivity contribution in [1.82, 2.24) is 14.8 Å². The van der Waals surface area contributed by atoms with Gasteiger partial charge in [-0.05, 0) is 42.8 Å². The summed E-state index contributed by atoms with van der Waals surface area (Å²) >= 11 is 7.51. The Morgan fingerprint density at radius 1 is 1.26 bits per heavy atom. The molecule has 3 rings (SSSR count). The van der Waals surface area contributed by atoms with Crippen molar-refractivity contribution in [3.05, 3.63) is 83.4 Å². The molecule has 140 valence electrons. The van der Waals surface area contributed by atoms with E-state index in [1.807, 2.05) is 29.7 Å². The first kappa shape index (κ1) is 19.5. The highest BCUT2D eigenvalue weighted by Gasteiger charge is 2.19. The van der Waals surface area contributed by atoms with Gasteiger partial charge in [0.15, 0.2) is 17.1 Å². The molecule has 3 aromatic rings. The molecule has 0 aliphatic rings. The van der Waals surface area contributed by atoms with Crippen LogP contribution in [0.2, 0.25) is 5.02 Å². The summed E-state index contributed by atoms with van der Waals surface area (Å²) in [4.78, 5) is 0. The van der Waals surface area contributed by atoms with Crippen molar-refractivity contribution in [2.75, 3.05) is 0 Å². The number of nitrogens with zero attached hydrogens (tertiary/aromatic N) is 3. The lowest BCUT2D eigenvalue weighted by molar-refractivity contribution is 0.210. The molecule has 0 aliphatic heterocycles. The average molecular weight is 404 g/mol. The van der Waals surface area contributed by atoms with Crippen LogP contribution >= 0.6 is 23.4 Å². The average Bonchev–Trinajstić information content (AvgIpc) is 3.03. The number of hydrogen-bond acceptors (Lipinski definition) is 4. The zero-order valence-corrected chi connectivity index (χ0v) is 16.4. The number of rotatable bonds is 8. The highest BCUT2D eigenvalue weighted by molar-refractivity contribution is 7.98. The Bertz CT molecular complexity index is 931. The molecule has 0 aliphatic carbocycles. The molecule has 0 saturated heterocycles. The molecule has 0 bridgehead atoms. The van der Waals surface area contributed by atoms with E-state index >= 15 is 0 Å². The van der Waals surface area contributed by atoms with Crippen molar-refractivity contribution in [3.8, 4) is 5.75 Å². The van der Waals surface area contributed by atoms with E-state index in [1.54, 1.807) is 24.3 Å². The first-order chi connectivity index (χ1) is 13.1. The Labute approximate surface area is 167 Å². The second-order valence-corrected chi connectivity index (χ2v) is 7.26. The van der Waals surface area contributed by atoms with Gasteiger partial charge in [-0.25, -0.2) is 4.39 Å². The number of hydrogen-bond donors (Lipinski definition) is 0. The molecule has 0 amide bonds. The molecule has 0 spiro atoms. The minimum atomic E-state index is -0.320. The summed E-state index contributed by atoms with van der Waals surface area (Å²) in [6.45, 7) is 6.27. The lowest BCUT2D eigenvalue weighted by Crippen LogP contribution is -2.12. The van der Waals surface area contributed by atoms with Crippen LogP contribution in [0.1, 0.15) is 24.4 Å². The first-order valence-electron chi connectivity index (χ1n) is 8.40. The maximum Gasteiger partial charge on any atom is 0.191 e. The largest absolute Gasteiger partial charge is 0.483 e.